The van der Waals surface area contributed by atoms with E-state index in [1.54, 1.807) is 24.1 Å². The predicted octanol–water partition coefficient (Wildman–Crippen LogP) is 2.54. The number of carbonyl (C=O) groups excluding carboxylic acids is 2. The van der Waals surface area contributed by atoms with Crippen LogP contribution in [-0.4, -0.2) is 66.8 Å². The van der Waals surface area contributed by atoms with Crippen LogP contribution in [0.25, 0.3) is 0 Å². The van der Waals surface area contributed by atoms with Crippen molar-refractivity contribution >= 4 is 29.6 Å². The van der Waals surface area contributed by atoms with Gasteiger partial charge in [-0.3, -0.25) is 15.0 Å². The highest BCUT2D eigenvalue weighted by atomic mass is 16.5. The van der Waals surface area contributed by atoms with Crippen molar-refractivity contribution in [1.29, 1.82) is 5.26 Å². The first kappa shape index (κ1) is 23.8. The van der Waals surface area contributed by atoms with Gasteiger partial charge in [-0.1, -0.05) is 6.07 Å². The van der Waals surface area contributed by atoms with Gasteiger partial charge in [0.1, 0.15) is 29.0 Å². The van der Waals surface area contributed by atoms with Gasteiger partial charge in [-0.15, -0.1) is 0 Å². The van der Waals surface area contributed by atoms with Gasteiger partial charge in [-0.2, -0.15) is 5.26 Å². The molecule has 0 radical (unpaired) electrons. The normalized spacial score (nSPS) is 27.9. The van der Waals surface area contributed by atoms with Gasteiger partial charge in [0.2, 0.25) is 0 Å². The van der Waals surface area contributed by atoms with E-state index in [4.69, 9.17) is 9.47 Å². The molecule has 11 heteroatoms. The number of nitrogens with one attached hydrogen (secondary N) is 3. The number of rotatable bonds is 7. The molecule has 5 heterocycles. The molecule has 3 N–H and O–H groups in total. The number of pyridine rings is 2. The van der Waals surface area contributed by atoms with Crippen LogP contribution in [0.1, 0.15) is 53.7 Å². The lowest BCUT2D eigenvalue weighted by Crippen LogP contribution is -2.65. The largest absolute Gasteiger partial charge is 0.379 e. The highest BCUT2D eigenvalue weighted by Crippen LogP contribution is 2.56. The van der Waals surface area contributed by atoms with Gasteiger partial charge in [0, 0.05) is 56.9 Å². The molecule has 2 atom stereocenters. The Balaban J connectivity index is 1.25. The monoisotopic (exact) mass is 503 g/mol. The first-order valence-electron chi connectivity index (χ1n) is 12.7. The topological polar surface area (TPSA) is 142 Å². The van der Waals surface area contributed by atoms with Gasteiger partial charge in [0.05, 0.1) is 29.5 Å². The van der Waals surface area contributed by atoms with E-state index in [2.05, 4.69) is 32.0 Å². The second kappa shape index (κ2) is 9.37. The zero-order chi connectivity index (χ0) is 25.6. The molecular formula is C26H29N7O4. The number of methoxy groups -OCH3 is 1. The minimum absolute atomic E-state index is 0.0671. The van der Waals surface area contributed by atoms with Gasteiger partial charge in [-0.05, 0) is 25.3 Å². The van der Waals surface area contributed by atoms with Crippen molar-refractivity contribution in [3.05, 3.63) is 41.2 Å². The van der Waals surface area contributed by atoms with Gasteiger partial charge in [-0.25, -0.2) is 14.8 Å². The fraction of sp³-hybridized carbons (Fsp3) is 0.500. The summed E-state index contributed by atoms with van der Waals surface area (Å²) in [7, 11) is 1.69. The third-order valence-electron chi connectivity index (χ3n) is 7.94. The Kier molecular flexibility index (Phi) is 6.03. The van der Waals surface area contributed by atoms with Crippen LogP contribution < -0.4 is 20.9 Å². The van der Waals surface area contributed by atoms with Crippen LogP contribution >= 0.6 is 0 Å². The molecule has 11 nitrogen and oxygen atoms in total. The molecule has 2 saturated carbocycles. The Hall–Kier alpha value is -3.59. The lowest BCUT2D eigenvalue weighted by molar-refractivity contribution is -0.169. The molecule has 192 valence electrons. The average Bonchev–Trinajstić information content (AvgIpc) is 3.32. The van der Waals surface area contributed by atoms with Crippen molar-refractivity contribution in [2.45, 2.75) is 62.0 Å². The molecule has 1 saturated heterocycles. The quantitative estimate of drug-likeness (QED) is 0.486. The minimum Gasteiger partial charge on any atom is -0.379 e. The van der Waals surface area contributed by atoms with Crippen LogP contribution in [-0.2, 0) is 15.1 Å². The van der Waals surface area contributed by atoms with E-state index in [0.717, 1.165) is 37.9 Å². The van der Waals surface area contributed by atoms with Gasteiger partial charge in [0.25, 0.3) is 0 Å². The Morgan fingerprint density at radius 3 is 2.86 bits per heavy atom. The summed E-state index contributed by atoms with van der Waals surface area (Å²) in [4.78, 5) is 35.4. The maximum atomic E-state index is 13.6. The summed E-state index contributed by atoms with van der Waals surface area (Å²) >= 11 is 0. The van der Waals surface area contributed by atoms with Gasteiger partial charge >= 0.3 is 6.03 Å². The van der Waals surface area contributed by atoms with Crippen LogP contribution in [0.5, 0.6) is 0 Å². The number of anilines is 3. The molecule has 2 aromatic rings. The number of aldehydes is 1. The van der Waals surface area contributed by atoms with Gasteiger partial charge < -0.3 is 20.1 Å². The first-order chi connectivity index (χ1) is 18.0. The third-order valence-corrected chi connectivity index (χ3v) is 7.94. The summed E-state index contributed by atoms with van der Waals surface area (Å²) in [6.45, 7) is 1.61. The van der Waals surface area contributed by atoms with E-state index in [9.17, 15) is 14.9 Å². The molecule has 7 rings (SSSR count). The van der Waals surface area contributed by atoms with Crippen LogP contribution in [0.4, 0.5) is 22.1 Å². The molecule has 2 unspecified atom stereocenters. The van der Waals surface area contributed by atoms with Crippen LogP contribution in [0, 0.1) is 11.3 Å². The number of hydrogen-bond acceptors (Lipinski definition) is 9. The summed E-state index contributed by atoms with van der Waals surface area (Å²) in [5.74, 6) is 0.761. The SMILES string of the molecule is COC1CCCC1Nc1cc(NC(=O)N2c3nc(C=O)ccc3C3(OC4CNC4)CC2C3)ncc1C#N. The average molecular weight is 504 g/mol. The number of amides is 2. The minimum atomic E-state index is -0.485. The van der Waals surface area contributed by atoms with E-state index in [-0.39, 0.29) is 36.0 Å². The Morgan fingerprint density at radius 2 is 2.16 bits per heavy atom. The maximum Gasteiger partial charge on any atom is 0.328 e. The highest BCUT2D eigenvalue weighted by molar-refractivity contribution is 6.03. The van der Waals surface area contributed by atoms with Gasteiger partial charge in [0.15, 0.2) is 6.29 Å². The molecule has 2 bridgehead atoms. The predicted molar refractivity (Wildman–Crippen MR) is 135 cm³/mol. The molecule has 0 spiro atoms. The molecular weight excluding hydrogens is 474 g/mol. The maximum absolute atomic E-state index is 13.6. The lowest BCUT2D eigenvalue weighted by Gasteiger charge is -2.57. The fourth-order valence-corrected chi connectivity index (χ4v) is 5.91. The van der Waals surface area contributed by atoms with Crippen LogP contribution in [0.2, 0.25) is 0 Å². The number of aromatic nitrogens is 2. The molecule has 0 aromatic carbocycles. The van der Waals surface area contributed by atoms with Crippen LogP contribution in [0.15, 0.2) is 24.4 Å². The standard InChI is InChI=1S/C26H29N7O4/c1-36-22-4-2-3-20(22)31-21-7-23(29-11-15(21)10-27)32-25(35)33-17-8-26(9-17,37-18-12-28-13-18)19-6-5-16(14-34)30-24(19)33/h5-7,11,14,17-18,20,22,28H,2-4,8-9,12-13H2,1H3,(H2,29,31,32,35). The van der Waals surface area contributed by atoms with Crippen molar-refractivity contribution in [2.24, 2.45) is 0 Å². The van der Waals surface area contributed by atoms with E-state index in [0.29, 0.717) is 42.0 Å². The Bertz CT molecular complexity index is 1270. The summed E-state index contributed by atoms with van der Waals surface area (Å²) in [6, 6.07) is 6.95. The number of carbonyl (C=O) groups is 2. The smallest absolute Gasteiger partial charge is 0.328 e. The Labute approximate surface area is 214 Å². The van der Waals surface area contributed by atoms with E-state index in [1.807, 2.05) is 6.07 Å². The van der Waals surface area contributed by atoms with Crippen molar-refractivity contribution < 1.29 is 19.1 Å². The van der Waals surface area contributed by atoms with E-state index < -0.39 is 5.60 Å². The molecule has 37 heavy (non-hydrogen) atoms. The number of nitrogens with zero attached hydrogens (tertiary/aromatic N) is 4. The number of nitriles is 1. The van der Waals surface area contributed by atoms with E-state index in [1.165, 1.54) is 6.20 Å². The zero-order valence-corrected chi connectivity index (χ0v) is 20.6. The molecule has 2 aliphatic carbocycles. The molecule has 3 aliphatic heterocycles. The Morgan fingerprint density at radius 1 is 1.32 bits per heavy atom. The molecule has 2 aromatic heterocycles. The van der Waals surface area contributed by atoms with Crippen molar-refractivity contribution in [1.82, 2.24) is 15.3 Å². The van der Waals surface area contributed by atoms with Crippen molar-refractivity contribution in [3.8, 4) is 6.07 Å². The highest BCUT2D eigenvalue weighted by Gasteiger charge is 2.58. The second-order valence-corrected chi connectivity index (χ2v) is 10.2. The molecule has 5 aliphatic rings. The molecule has 3 fully saturated rings. The van der Waals surface area contributed by atoms with E-state index >= 15 is 0 Å². The zero-order valence-electron chi connectivity index (χ0n) is 20.6. The summed E-state index contributed by atoms with van der Waals surface area (Å²) in [5, 5.41) is 19.1. The second-order valence-electron chi connectivity index (χ2n) is 10.2. The number of urea groups is 1. The number of hydrogen-bond donors (Lipinski definition) is 3. The lowest BCUT2D eigenvalue weighted by atomic mass is 9.67. The number of ether oxygens (including phenoxy) is 2. The fourth-order valence-electron chi connectivity index (χ4n) is 5.91. The van der Waals surface area contributed by atoms with Crippen molar-refractivity contribution in [3.63, 3.8) is 0 Å². The van der Waals surface area contributed by atoms with Crippen LogP contribution in [0.3, 0.4) is 0 Å². The third kappa shape index (κ3) is 4.11. The van der Waals surface area contributed by atoms with Crippen molar-refractivity contribution in [2.75, 3.05) is 35.7 Å². The summed E-state index contributed by atoms with van der Waals surface area (Å²) in [6.07, 6.45) is 6.60. The summed E-state index contributed by atoms with van der Waals surface area (Å²) < 4.78 is 12.0. The first-order valence-corrected chi connectivity index (χ1v) is 12.7. The molecule has 2 amide bonds. The summed E-state index contributed by atoms with van der Waals surface area (Å²) in [5.41, 5.74) is 1.59.